The van der Waals surface area contributed by atoms with Gasteiger partial charge >= 0.3 is 0 Å². The van der Waals surface area contributed by atoms with E-state index in [-0.39, 0.29) is 5.91 Å². The van der Waals surface area contributed by atoms with Gasteiger partial charge in [-0.2, -0.15) is 0 Å². The zero-order chi connectivity index (χ0) is 17.4. The number of carbonyl (C=O) groups excluding carboxylic acids is 1. The molecule has 25 heavy (non-hydrogen) atoms. The van der Waals surface area contributed by atoms with E-state index < -0.39 is 0 Å². The quantitative estimate of drug-likeness (QED) is 0.644. The van der Waals surface area contributed by atoms with Gasteiger partial charge in [-0.15, -0.1) is 0 Å². The minimum atomic E-state index is -0.0207. The van der Waals surface area contributed by atoms with Gasteiger partial charge in [0.15, 0.2) is 5.17 Å². The van der Waals surface area contributed by atoms with E-state index in [1.54, 1.807) is 11.9 Å². The number of benzene rings is 2. The Morgan fingerprint density at radius 3 is 2.52 bits per heavy atom. The van der Waals surface area contributed by atoms with Crippen LogP contribution < -0.4 is 0 Å². The number of para-hydroxylation sites is 2. The van der Waals surface area contributed by atoms with Crippen molar-refractivity contribution < 1.29 is 4.79 Å². The van der Waals surface area contributed by atoms with E-state index in [2.05, 4.69) is 27.9 Å². The van der Waals surface area contributed by atoms with Crippen molar-refractivity contribution in [1.82, 2.24) is 9.47 Å². The molecule has 2 heterocycles. The normalized spacial score (nSPS) is 18.0. The maximum atomic E-state index is 12.6. The lowest BCUT2D eigenvalue weighted by molar-refractivity contribution is -0.121. The summed E-state index contributed by atoms with van der Waals surface area (Å²) in [4.78, 5) is 19.5. The van der Waals surface area contributed by atoms with Crippen LogP contribution in [-0.2, 0) is 11.8 Å². The van der Waals surface area contributed by atoms with Gasteiger partial charge in [0.05, 0.1) is 10.6 Å². The molecule has 1 aliphatic rings. The number of aromatic nitrogens is 1. The van der Waals surface area contributed by atoms with Crippen molar-refractivity contribution in [1.29, 1.82) is 0 Å². The highest BCUT2D eigenvalue weighted by Gasteiger charge is 2.30. The number of fused-ring (bicyclic) bond motifs is 1. The van der Waals surface area contributed by atoms with E-state index in [0.29, 0.717) is 10.1 Å². The van der Waals surface area contributed by atoms with Crippen molar-refractivity contribution in [3.05, 3.63) is 71.3 Å². The monoisotopic (exact) mass is 347 g/mol. The molecule has 0 aliphatic carbocycles. The van der Waals surface area contributed by atoms with Gasteiger partial charge in [-0.3, -0.25) is 9.69 Å². The number of aryl methyl sites for hydroxylation is 1. The Morgan fingerprint density at radius 2 is 1.72 bits per heavy atom. The van der Waals surface area contributed by atoms with Crippen LogP contribution in [-0.4, -0.2) is 27.6 Å². The first-order chi connectivity index (χ1) is 12.1. The predicted octanol–water partition coefficient (Wildman–Crippen LogP) is 4.41. The summed E-state index contributed by atoms with van der Waals surface area (Å²) in [5.74, 6) is -0.0207. The molecule has 0 saturated carbocycles. The molecule has 0 unspecified atom stereocenters. The van der Waals surface area contributed by atoms with E-state index >= 15 is 0 Å². The molecule has 0 atom stereocenters. The number of thioether (sulfide) groups is 1. The fraction of sp³-hybridized carbons (Fsp3) is 0.100. The molecule has 1 fully saturated rings. The molecule has 124 valence electrons. The summed E-state index contributed by atoms with van der Waals surface area (Å²) in [6.07, 6.45) is 4.01. The molecule has 0 radical (unpaired) electrons. The molecule has 1 aliphatic heterocycles. The Hall–Kier alpha value is -2.79. The van der Waals surface area contributed by atoms with E-state index in [0.717, 1.165) is 22.2 Å². The highest BCUT2D eigenvalue weighted by atomic mass is 32.2. The predicted molar refractivity (Wildman–Crippen MR) is 105 cm³/mol. The summed E-state index contributed by atoms with van der Waals surface area (Å²) in [5.41, 5.74) is 3.04. The lowest BCUT2D eigenvalue weighted by atomic mass is 10.1. The number of rotatable bonds is 2. The maximum absolute atomic E-state index is 12.6. The van der Waals surface area contributed by atoms with Crippen molar-refractivity contribution >= 4 is 45.5 Å². The summed E-state index contributed by atoms with van der Waals surface area (Å²) >= 11 is 1.41. The van der Waals surface area contributed by atoms with Crippen LogP contribution in [0.25, 0.3) is 17.0 Å². The smallest absolute Gasteiger partial charge is 0.266 e. The van der Waals surface area contributed by atoms with Gasteiger partial charge < -0.3 is 4.57 Å². The Morgan fingerprint density at radius 1 is 1.00 bits per heavy atom. The standard InChI is InChI=1S/C20H17N3OS/c1-22-13-14(16-10-6-7-11-17(16)22)12-18-19(24)23(2)20(25-18)21-15-8-4-3-5-9-15/h3-13H,1-2H3/b18-12+,21-20?. The fourth-order valence-corrected chi connectivity index (χ4v) is 3.87. The van der Waals surface area contributed by atoms with Gasteiger partial charge in [0.25, 0.3) is 5.91 Å². The number of nitrogens with zero attached hydrogens (tertiary/aromatic N) is 3. The van der Waals surface area contributed by atoms with Crippen LogP contribution >= 0.6 is 11.8 Å². The molecule has 0 N–H and O–H groups in total. The number of carbonyl (C=O) groups is 1. The minimum absolute atomic E-state index is 0.0207. The van der Waals surface area contributed by atoms with Gasteiger partial charge in [0.2, 0.25) is 0 Å². The van der Waals surface area contributed by atoms with Crippen LogP contribution in [0.2, 0.25) is 0 Å². The third kappa shape index (κ3) is 2.87. The average Bonchev–Trinajstić information content (AvgIpc) is 3.09. The molecule has 0 spiro atoms. The first kappa shape index (κ1) is 15.7. The molecule has 3 aromatic rings. The van der Waals surface area contributed by atoms with Gasteiger partial charge in [-0.25, -0.2) is 4.99 Å². The number of amides is 1. The minimum Gasteiger partial charge on any atom is -0.350 e. The summed E-state index contributed by atoms with van der Waals surface area (Å²) in [6.45, 7) is 0. The lowest BCUT2D eigenvalue weighted by Gasteiger charge is -2.06. The third-order valence-electron chi connectivity index (χ3n) is 4.20. The first-order valence-electron chi connectivity index (χ1n) is 7.99. The van der Waals surface area contributed by atoms with Crippen LogP contribution in [0.4, 0.5) is 5.69 Å². The molecule has 0 bridgehead atoms. The molecule has 1 saturated heterocycles. The zero-order valence-electron chi connectivity index (χ0n) is 14.0. The van der Waals surface area contributed by atoms with Crippen LogP contribution in [0.1, 0.15) is 5.56 Å². The summed E-state index contributed by atoms with van der Waals surface area (Å²) < 4.78 is 2.08. The van der Waals surface area contributed by atoms with Crippen molar-refractivity contribution in [2.45, 2.75) is 0 Å². The summed E-state index contributed by atoms with van der Waals surface area (Å²) in [6, 6.07) is 17.9. The maximum Gasteiger partial charge on any atom is 0.266 e. The van der Waals surface area contributed by atoms with Crippen LogP contribution in [0.15, 0.2) is 70.7 Å². The van der Waals surface area contributed by atoms with E-state index in [1.807, 2.05) is 55.6 Å². The highest BCUT2D eigenvalue weighted by Crippen LogP contribution is 2.34. The molecule has 5 heteroatoms. The van der Waals surface area contributed by atoms with Gasteiger partial charge in [-0.05, 0) is 36.0 Å². The molecule has 2 aromatic carbocycles. The molecule has 4 nitrogen and oxygen atoms in total. The van der Waals surface area contributed by atoms with Gasteiger partial charge in [0.1, 0.15) is 0 Å². The number of aliphatic imine (C=N–C) groups is 1. The van der Waals surface area contributed by atoms with Crippen molar-refractivity contribution in [3.8, 4) is 0 Å². The van der Waals surface area contributed by atoms with Crippen LogP contribution in [0, 0.1) is 0 Å². The molecule has 1 aromatic heterocycles. The largest absolute Gasteiger partial charge is 0.350 e. The second kappa shape index (κ2) is 6.26. The molecule has 1 amide bonds. The first-order valence-corrected chi connectivity index (χ1v) is 8.80. The Balaban J connectivity index is 1.72. The second-order valence-electron chi connectivity index (χ2n) is 5.92. The number of hydrogen-bond donors (Lipinski definition) is 0. The SMILES string of the molecule is CN1C(=O)/C(=C\c2cn(C)c3ccccc23)SC1=Nc1ccccc1. The van der Waals surface area contributed by atoms with Crippen molar-refractivity contribution in [3.63, 3.8) is 0 Å². The Kier molecular flexibility index (Phi) is 3.93. The third-order valence-corrected chi connectivity index (χ3v) is 5.26. The molecule has 4 rings (SSSR count). The number of hydrogen-bond acceptors (Lipinski definition) is 3. The van der Waals surface area contributed by atoms with E-state index in [4.69, 9.17) is 0 Å². The van der Waals surface area contributed by atoms with E-state index in [9.17, 15) is 4.79 Å². The highest BCUT2D eigenvalue weighted by molar-refractivity contribution is 8.18. The second-order valence-corrected chi connectivity index (χ2v) is 6.93. The Bertz CT molecular complexity index is 1020. The summed E-state index contributed by atoms with van der Waals surface area (Å²) in [5, 5.41) is 1.84. The average molecular weight is 347 g/mol. The van der Waals surface area contributed by atoms with Crippen LogP contribution in [0.5, 0.6) is 0 Å². The van der Waals surface area contributed by atoms with Gasteiger partial charge in [-0.1, -0.05) is 36.4 Å². The topological polar surface area (TPSA) is 37.6 Å². The molecular formula is C20H17N3OS. The van der Waals surface area contributed by atoms with Crippen molar-refractivity contribution in [2.24, 2.45) is 12.0 Å². The molecular weight excluding hydrogens is 330 g/mol. The zero-order valence-corrected chi connectivity index (χ0v) is 14.8. The Labute approximate surface area is 150 Å². The fourth-order valence-electron chi connectivity index (χ4n) is 2.89. The van der Waals surface area contributed by atoms with E-state index in [1.165, 1.54) is 11.8 Å². The lowest BCUT2D eigenvalue weighted by Crippen LogP contribution is -2.23. The van der Waals surface area contributed by atoms with Gasteiger partial charge in [0, 0.05) is 36.8 Å². The van der Waals surface area contributed by atoms with Crippen LogP contribution in [0.3, 0.4) is 0 Å². The number of likely N-dealkylation sites (N-methyl/N-ethyl adjacent to an activating group) is 1. The van der Waals surface area contributed by atoms with Crippen molar-refractivity contribution in [2.75, 3.05) is 7.05 Å². The number of amidine groups is 1. The summed E-state index contributed by atoms with van der Waals surface area (Å²) in [7, 11) is 3.78.